The van der Waals surface area contributed by atoms with Gasteiger partial charge < -0.3 is 10.1 Å². The van der Waals surface area contributed by atoms with Gasteiger partial charge >= 0.3 is 0 Å². The molecule has 0 radical (unpaired) electrons. The normalized spacial score (nSPS) is 10.3. The Balaban J connectivity index is 2.03. The van der Waals surface area contributed by atoms with Crippen LogP contribution in [0.25, 0.3) is 0 Å². The van der Waals surface area contributed by atoms with Gasteiger partial charge in [-0.05, 0) is 19.1 Å². The molecule has 0 atom stereocenters. The summed E-state index contributed by atoms with van der Waals surface area (Å²) in [4.78, 5) is 4.30. The molecule has 0 bridgehead atoms. The Hall–Kier alpha value is -2.17. The number of pyridine rings is 1. The molecule has 2 aromatic rings. The summed E-state index contributed by atoms with van der Waals surface area (Å²) in [5, 5.41) is 3.08. The van der Waals surface area contributed by atoms with Crippen LogP contribution >= 0.6 is 0 Å². The molecule has 5 heteroatoms. The molecule has 0 saturated heterocycles. The molecule has 0 spiro atoms. The van der Waals surface area contributed by atoms with Crippen LogP contribution in [0.4, 0.5) is 14.6 Å². The molecule has 0 aliphatic rings. The van der Waals surface area contributed by atoms with E-state index in [1.807, 2.05) is 19.1 Å². The molecule has 0 amide bonds. The second kappa shape index (κ2) is 6.13. The molecule has 19 heavy (non-hydrogen) atoms. The van der Waals surface area contributed by atoms with E-state index in [4.69, 9.17) is 4.74 Å². The number of rotatable bonds is 5. The fourth-order valence-corrected chi connectivity index (χ4v) is 1.61. The molecule has 0 fully saturated rings. The number of benzene rings is 1. The summed E-state index contributed by atoms with van der Waals surface area (Å²) in [6.45, 7) is 2.90. The predicted octanol–water partition coefficient (Wildman–Crippen LogP) is 3.37. The number of aromatic nitrogens is 1. The van der Waals surface area contributed by atoms with E-state index in [0.717, 1.165) is 30.6 Å². The number of halogens is 2. The van der Waals surface area contributed by atoms with Crippen LogP contribution in [0.15, 0.2) is 36.4 Å². The van der Waals surface area contributed by atoms with Crippen molar-refractivity contribution in [1.29, 1.82) is 0 Å². The minimum atomic E-state index is -0.663. The Morgan fingerprint density at radius 3 is 2.58 bits per heavy atom. The zero-order valence-corrected chi connectivity index (χ0v) is 10.5. The molecule has 3 nitrogen and oxygen atoms in total. The average Bonchev–Trinajstić information content (AvgIpc) is 2.36. The van der Waals surface area contributed by atoms with Crippen molar-refractivity contribution in [1.82, 2.24) is 4.98 Å². The monoisotopic (exact) mass is 264 g/mol. The van der Waals surface area contributed by atoms with Crippen LogP contribution in [0.2, 0.25) is 0 Å². The van der Waals surface area contributed by atoms with Crippen LogP contribution in [0.5, 0.6) is 5.75 Å². The van der Waals surface area contributed by atoms with Gasteiger partial charge in [-0.1, -0.05) is 6.07 Å². The summed E-state index contributed by atoms with van der Waals surface area (Å²) in [7, 11) is 0. The Morgan fingerprint density at radius 1 is 1.16 bits per heavy atom. The van der Waals surface area contributed by atoms with Crippen LogP contribution in [0.3, 0.4) is 0 Å². The van der Waals surface area contributed by atoms with Gasteiger partial charge in [0.2, 0.25) is 0 Å². The molecule has 0 saturated carbocycles. The lowest BCUT2D eigenvalue weighted by atomic mass is 10.3. The molecule has 0 aliphatic carbocycles. The number of nitrogens with zero attached hydrogens (tertiary/aromatic N) is 1. The van der Waals surface area contributed by atoms with Crippen molar-refractivity contribution >= 4 is 5.82 Å². The SMILES string of the molecule is CCNc1cccc(COc2cc(F)cc(F)c2)n1. The molecule has 0 unspecified atom stereocenters. The van der Waals surface area contributed by atoms with E-state index in [1.54, 1.807) is 6.07 Å². The summed E-state index contributed by atoms with van der Waals surface area (Å²) in [6, 6.07) is 8.55. The third kappa shape index (κ3) is 3.91. The smallest absolute Gasteiger partial charge is 0.130 e. The van der Waals surface area contributed by atoms with Crippen LogP contribution in [0, 0.1) is 11.6 Å². The van der Waals surface area contributed by atoms with Gasteiger partial charge in [0.15, 0.2) is 0 Å². The van der Waals surface area contributed by atoms with Gasteiger partial charge in [-0.15, -0.1) is 0 Å². The number of ether oxygens (including phenoxy) is 1. The van der Waals surface area contributed by atoms with Gasteiger partial charge in [-0.3, -0.25) is 0 Å². The van der Waals surface area contributed by atoms with Gasteiger partial charge in [-0.25, -0.2) is 13.8 Å². The van der Waals surface area contributed by atoms with Gasteiger partial charge in [-0.2, -0.15) is 0 Å². The molecular weight excluding hydrogens is 250 g/mol. The Morgan fingerprint density at radius 2 is 1.89 bits per heavy atom. The van der Waals surface area contributed by atoms with Crippen LogP contribution in [-0.4, -0.2) is 11.5 Å². The minimum Gasteiger partial charge on any atom is -0.487 e. The standard InChI is InChI=1S/C14H14F2N2O/c1-2-17-14-5-3-4-12(18-14)9-19-13-7-10(15)6-11(16)8-13/h3-8H,2,9H2,1H3,(H,17,18). The van der Waals surface area contributed by atoms with Crippen molar-refractivity contribution in [3.8, 4) is 5.75 Å². The molecule has 2 rings (SSSR count). The highest BCUT2D eigenvalue weighted by Gasteiger charge is 2.03. The summed E-state index contributed by atoms with van der Waals surface area (Å²) >= 11 is 0. The molecule has 1 aromatic heterocycles. The maximum Gasteiger partial charge on any atom is 0.130 e. The van der Waals surface area contributed by atoms with E-state index in [0.29, 0.717) is 5.69 Å². The zero-order chi connectivity index (χ0) is 13.7. The zero-order valence-electron chi connectivity index (χ0n) is 10.5. The van der Waals surface area contributed by atoms with E-state index in [1.165, 1.54) is 0 Å². The molecule has 1 N–H and O–H groups in total. The summed E-state index contributed by atoms with van der Waals surface area (Å²) < 4.78 is 31.3. The maximum atomic E-state index is 13.0. The van der Waals surface area contributed by atoms with Gasteiger partial charge in [0.05, 0.1) is 5.69 Å². The molecule has 0 aliphatic heterocycles. The number of nitrogens with one attached hydrogen (secondary N) is 1. The minimum absolute atomic E-state index is 0.146. The highest BCUT2D eigenvalue weighted by Crippen LogP contribution is 2.16. The number of hydrogen-bond donors (Lipinski definition) is 1. The summed E-state index contributed by atoms with van der Waals surface area (Å²) in [5.74, 6) is -0.434. The topological polar surface area (TPSA) is 34.1 Å². The Bertz CT molecular complexity index is 541. The van der Waals surface area contributed by atoms with E-state index >= 15 is 0 Å². The second-order valence-electron chi connectivity index (χ2n) is 3.94. The van der Waals surface area contributed by atoms with E-state index in [9.17, 15) is 8.78 Å². The fraction of sp³-hybridized carbons (Fsp3) is 0.214. The third-order valence-electron chi connectivity index (χ3n) is 2.39. The second-order valence-corrected chi connectivity index (χ2v) is 3.94. The highest BCUT2D eigenvalue weighted by molar-refractivity contribution is 5.35. The number of anilines is 1. The van der Waals surface area contributed by atoms with Crippen molar-refractivity contribution in [3.05, 3.63) is 53.7 Å². The average molecular weight is 264 g/mol. The molecule has 1 heterocycles. The lowest BCUT2D eigenvalue weighted by Crippen LogP contribution is -2.03. The van der Waals surface area contributed by atoms with Crippen molar-refractivity contribution < 1.29 is 13.5 Å². The predicted molar refractivity (Wildman–Crippen MR) is 69.1 cm³/mol. The Labute approximate surface area is 110 Å². The van der Waals surface area contributed by atoms with Gasteiger partial charge in [0.1, 0.15) is 29.8 Å². The summed E-state index contributed by atoms with van der Waals surface area (Å²) in [6.07, 6.45) is 0. The van der Waals surface area contributed by atoms with Crippen molar-refractivity contribution in [2.45, 2.75) is 13.5 Å². The number of hydrogen-bond acceptors (Lipinski definition) is 3. The highest BCUT2D eigenvalue weighted by atomic mass is 19.1. The van der Waals surface area contributed by atoms with Gasteiger partial charge in [0, 0.05) is 24.7 Å². The van der Waals surface area contributed by atoms with Crippen molar-refractivity contribution in [3.63, 3.8) is 0 Å². The first kappa shape index (κ1) is 13.3. The van der Waals surface area contributed by atoms with E-state index < -0.39 is 11.6 Å². The van der Waals surface area contributed by atoms with E-state index in [-0.39, 0.29) is 12.4 Å². The first-order chi connectivity index (χ1) is 9.17. The lowest BCUT2D eigenvalue weighted by Gasteiger charge is -2.08. The van der Waals surface area contributed by atoms with Gasteiger partial charge in [0.25, 0.3) is 0 Å². The molecule has 100 valence electrons. The largest absolute Gasteiger partial charge is 0.487 e. The third-order valence-corrected chi connectivity index (χ3v) is 2.39. The van der Waals surface area contributed by atoms with Crippen LogP contribution in [-0.2, 0) is 6.61 Å². The van der Waals surface area contributed by atoms with Crippen molar-refractivity contribution in [2.24, 2.45) is 0 Å². The lowest BCUT2D eigenvalue weighted by molar-refractivity contribution is 0.298. The van der Waals surface area contributed by atoms with Crippen LogP contribution < -0.4 is 10.1 Å². The maximum absolute atomic E-state index is 13.0. The quantitative estimate of drug-likeness (QED) is 0.899. The first-order valence-corrected chi connectivity index (χ1v) is 5.96. The molecular formula is C14H14F2N2O. The molecule has 1 aromatic carbocycles. The first-order valence-electron chi connectivity index (χ1n) is 5.96. The summed E-state index contributed by atoms with van der Waals surface area (Å²) in [5.41, 5.74) is 0.683. The van der Waals surface area contributed by atoms with Crippen molar-refractivity contribution in [2.75, 3.05) is 11.9 Å². The van der Waals surface area contributed by atoms with Crippen LogP contribution in [0.1, 0.15) is 12.6 Å². The Kier molecular flexibility index (Phi) is 4.28. The van der Waals surface area contributed by atoms with E-state index in [2.05, 4.69) is 10.3 Å². The fourth-order valence-electron chi connectivity index (χ4n) is 1.61.